The van der Waals surface area contributed by atoms with Crippen molar-refractivity contribution in [3.63, 3.8) is 0 Å². The van der Waals surface area contributed by atoms with Gasteiger partial charge in [0.2, 0.25) is 0 Å². The van der Waals surface area contributed by atoms with Crippen LogP contribution in [0, 0.1) is 37.1 Å². The van der Waals surface area contributed by atoms with Crippen LogP contribution in [0.15, 0.2) is 89.8 Å². The third-order valence-electron chi connectivity index (χ3n) is 8.98. The molecule has 0 fully saturated rings. The van der Waals surface area contributed by atoms with E-state index < -0.39 is 38.8 Å². The van der Waals surface area contributed by atoms with Crippen molar-refractivity contribution in [2.24, 2.45) is 0 Å². The zero-order chi connectivity index (χ0) is 35.6. The minimum absolute atomic E-state index is 0.0953. The minimum atomic E-state index is -1.66. The molecular formula is C41H28F4N4OS. The summed E-state index contributed by atoms with van der Waals surface area (Å²) in [6.45, 7) is 5.03. The molecule has 252 valence electrons. The predicted octanol–water partition coefficient (Wildman–Crippen LogP) is 11.5. The Labute approximate surface area is 293 Å². The van der Waals surface area contributed by atoms with Crippen LogP contribution in [0.3, 0.4) is 0 Å². The topological polar surface area (TPSA) is 77.3 Å². The molecule has 0 radical (unpaired) electrons. The zero-order valence-corrected chi connectivity index (χ0v) is 28.3. The molecule has 0 amide bonds. The van der Waals surface area contributed by atoms with E-state index in [1.807, 2.05) is 86.7 Å². The third-order valence-corrected chi connectivity index (χ3v) is 9.83. The first kappa shape index (κ1) is 32.3. The number of rotatable bonds is 4. The van der Waals surface area contributed by atoms with Gasteiger partial charge in [0, 0.05) is 51.2 Å². The maximum absolute atomic E-state index is 16.2. The number of aromatic amines is 3. The number of nitrogens with zero attached hydrogens (tertiary/aromatic N) is 1. The summed E-state index contributed by atoms with van der Waals surface area (Å²) in [5.74, 6) is -6.56. The van der Waals surface area contributed by atoms with Crippen molar-refractivity contribution in [1.29, 1.82) is 0 Å². The number of hydrogen-bond donors (Lipinski definition) is 3. The highest BCUT2D eigenvalue weighted by Gasteiger charge is 2.29. The smallest absolute Gasteiger partial charge is 0.190 e. The number of carbonyl (C=O) groups excluding carboxylic acids is 1. The molecular weight excluding hydrogens is 673 g/mol. The summed E-state index contributed by atoms with van der Waals surface area (Å²) in [6, 6.07) is 26.4. The Hall–Kier alpha value is -5.87. The van der Waals surface area contributed by atoms with Gasteiger partial charge in [-0.2, -0.15) is 0 Å². The van der Waals surface area contributed by atoms with Crippen LogP contribution in [-0.2, 0) is 4.79 Å². The standard InChI is InChI=1S/C41H28F4N4OS/c1-20-4-8-23(9-5-20)33-27-14-12-25(46-27)26-13-15-28(47-26)34(24-10-6-21(2)7-11-24)30-17-19-32(49-30)35(31-18-16-29(33)48-31)36-37(42)39(44)41(51-22(3)50)40(45)38(36)43/h4-19,46,48-49H,1-3H3. The molecule has 0 aliphatic carbocycles. The van der Waals surface area contributed by atoms with Crippen molar-refractivity contribution >= 4 is 62.1 Å². The number of benzene rings is 3. The lowest BCUT2D eigenvalue weighted by Gasteiger charge is -2.12. The quantitative estimate of drug-likeness (QED) is 0.0972. The first-order valence-electron chi connectivity index (χ1n) is 16.1. The molecule has 0 unspecified atom stereocenters. The van der Waals surface area contributed by atoms with Crippen LogP contribution in [0.5, 0.6) is 0 Å². The maximum atomic E-state index is 16.2. The summed E-state index contributed by atoms with van der Waals surface area (Å²) in [5.41, 5.74) is 8.57. The first-order valence-corrected chi connectivity index (χ1v) is 16.9. The lowest BCUT2D eigenvalue weighted by atomic mass is 10.0. The Morgan fingerprint density at radius 1 is 0.510 bits per heavy atom. The SMILES string of the molecule is CC(=O)Sc1c(F)c(F)c(-c2c3ccc([nH]3)c(-c3ccc(C)cc3)c3nc(c4ccc([nH]4)c(-c4ccc(C)cc4)c4ccc2[nH]4)C=C3)c(F)c1F. The van der Waals surface area contributed by atoms with Crippen molar-refractivity contribution in [3.05, 3.63) is 131 Å². The fourth-order valence-electron chi connectivity index (χ4n) is 6.53. The maximum Gasteiger partial charge on any atom is 0.190 e. The molecule has 0 saturated heterocycles. The molecule has 51 heavy (non-hydrogen) atoms. The van der Waals surface area contributed by atoms with E-state index >= 15 is 17.6 Å². The van der Waals surface area contributed by atoms with Crippen molar-refractivity contribution in [2.45, 2.75) is 25.7 Å². The van der Waals surface area contributed by atoms with Gasteiger partial charge in [0.1, 0.15) is 0 Å². The highest BCUT2D eigenvalue weighted by atomic mass is 32.2. The van der Waals surface area contributed by atoms with Crippen LogP contribution in [-0.4, -0.2) is 25.1 Å². The highest BCUT2D eigenvalue weighted by Crippen LogP contribution is 2.41. The zero-order valence-electron chi connectivity index (χ0n) is 27.5. The Morgan fingerprint density at radius 3 is 1.43 bits per heavy atom. The molecule has 3 N–H and O–H groups in total. The average Bonchev–Trinajstić information content (AvgIpc) is 3.95. The second kappa shape index (κ2) is 12.5. The van der Waals surface area contributed by atoms with E-state index in [0.717, 1.165) is 45.8 Å². The van der Waals surface area contributed by atoms with E-state index in [4.69, 9.17) is 4.98 Å². The van der Waals surface area contributed by atoms with Crippen LogP contribution >= 0.6 is 11.8 Å². The van der Waals surface area contributed by atoms with Crippen LogP contribution in [0.2, 0.25) is 0 Å². The molecule has 10 heteroatoms. The fraction of sp³-hybridized carbons (Fsp3) is 0.0732. The summed E-state index contributed by atoms with van der Waals surface area (Å²) in [5, 5.41) is -0.723. The Bertz CT molecular complexity index is 2680. The van der Waals surface area contributed by atoms with E-state index in [1.54, 1.807) is 24.3 Å². The van der Waals surface area contributed by atoms with E-state index in [1.165, 1.54) is 0 Å². The first-order chi connectivity index (χ1) is 24.6. The highest BCUT2D eigenvalue weighted by molar-refractivity contribution is 8.13. The molecule has 1 aliphatic rings. The third kappa shape index (κ3) is 5.61. The molecule has 1 aliphatic heterocycles. The second-order valence-corrected chi connectivity index (χ2v) is 13.7. The summed E-state index contributed by atoms with van der Waals surface area (Å²) in [6.07, 6.45) is 3.82. The number of nitrogens with one attached hydrogen (secondary N) is 3. The predicted molar refractivity (Wildman–Crippen MR) is 197 cm³/mol. The lowest BCUT2D eigenvalue weighted by molar-refractivity contribution is -0.109. The van der Waals surface area contributed by atoms with Gasteiger partial charge in [0.05, 0.1) is 27.4 Å². The van der Waals surface area contributed by atoms with Gasteiger partial charge in [-0.25, -0.2) is 22.5 Å². The second-order valence-electron chi connectivity index (χ2n) is 12.5. The van der Waals surface area contributed by atoms with Gasteiger partial charge in [-0.05, 0) is 85.3 Å². The number of carbonyl (C=O) groups is 1. The monoisotopic (exact) mass is 700 g/mol. The molecule has 8 rings (SSSR count). The molecule has 3 aromatic carbocycles. The molecule has 4 aromatic heterocycles. The van der Waals surface area contributed by atoms with E-state index in [0.29, 0.717) is 28.0 Å². The molecule has 0 atom stereocenters. The van der Waals surface area contributed by atoms with Crippen LogP contribution in [0.1, 0.15) is 29.4 Å². The van der Waals surface area contributed by atoms with Gasteiger partial charge >= 0.3 is 0 Å². The largest absolute Gasteiger partial charge is 0.354 e. The van der Waals surface area contributed by atoms with Crippen molar-refractivity contribution < 1.29 is 22.4 Å². The van der Waals surface area contributed by atoms with E-state index in [2.05, 4.69) is 15.0 Å². The van der Waals surface area contributed by atoms with Gasteiger partial charge in [-0.1, -0.05) is 59.7 Å². The molecule has 5 heterocycles. The normalized spacial score (nSPS) is 11.9. The number of thioether (sulfide) groups is 1. The van der Waals surface area contributed by atoms with Gasteiger partial charge in [0.25, 0.3) is 0 Å². The number of aromatic nitrogens is 4. The number of hydrogen-bond acceptors (Lipinski definition) is 3. The Morgan fingerprint density at radius 2 is 0.922 bits per heavy atom. The summed E-state index contributed by atoms with van der Waals surface area (Å²) >= 11 is 0.0953. The van der Waals surface area contributed by atoms with Gasteiger partial charge in [0.15, 0.2) is 28.4 Å². The molecule has 8 bridgehead atoms. The van der Waals surface area contributed by atoms with Crippen LogP contribution in [0.25, 0.3) is 78.6 Å². The summed E-state index contributed by atoms with van der Waals surface area (Å²) in [4.78, 5) is 25.8. The van der Waals surface area contributed by atoms with Gasteiger partial charge < -0.3 is 15.0 Å². The number of aryl methyl sites for hydroxylation is 2. The molecule has 0 saturated carbocycles. The average molecular weight is 701 g/mol. The van der Waals surface area contributed by atoms with Crippen molar-refractivity contribution in [3.8, 4) is 33.4 Å². The number of halogens is 4. The Balaban J connectivity index is 1.57. The number of fused-ring (bicyclic) bond motifs is 9. The Kier molecular flexibility index (Phi) is 7.91. The van der Waals surface area contributed by atoms with E-state index in [9.17, 15) is 4.79 Å². The van der Waals surface area contributed by atoms with Crippen molar-refractivity contribution in [1.82, 2.24) is 19.9 Å². The fourth-order valence-corrected chi connectivity index (χ4v) is 7.18. The molecule has 5 nitrogen and oxygen atoms in total. The van der Waals surface area contributed by atoms with Gasteiger partial charge in [-0.15, -0.1) is 0 Å². The van der Waals surface area contributed by atoms with Crippen LogP contribution in [0.4, 0.5) is 17.6 Å². The summed E-state index contributed by atoms with van der Waals surface area (Å²) < 4.78 is 63.6. The summed E-state index contributed by atoms with van der Waals surface area (Å²) in [7, 11) is 0. The van der Waals surface area contributed by atoms with Gasteiger partial charge in [-0.3, -0.25) is 4.79 Å². The minimum Gasteiger partial charge on any atom is -0.354 e. The molecule has 7 aromatic rings. The van der Waals surface area contributed by atoms with Crippen molar-refractivity contribution in [2.75, 3.05) is 0 Å². The lowest BCUT2D eigenvalue weighted by Crippen LogP contribution is -2.04. The number of H-pyrrole nitrogens is 3. The van der Waals surface area contributed by atoms with Crippen LogP contribution < -0.4 is 0 Å². The van der Waals surface area contributed by atoms with E-state index in [-0.39, 0.29) is 28.4 Å². The molecule has 0 spiro atoms.